The number of fused-ring (bicyclic) bond motifs is 1. The molecule has 0 aromatic carbocycles. The average Bonchev–Trinajstić information content (AvgIpc) is 2.85. The van der Waals surface area contributed by atoms with Crippen LogP contribution in [0.5, 0.6) is 0 Å². The lowest BCUT2D eigenvalue weighted by molar-refractivity contribution is -0.140. The van der Waals surface area contributed by atoms with Crippen molar-refractivity contribution in [2.45, 2.75) is 77.3 Å². The third-order valence-corrected chi connectivity index (χ3v) is 4.99. The number of hydrogen-bond donors (Lipinski definition) is 1. The van der Waals surface area contributed by atoms with E-state index >= 15 is 0 Å². The first-order chi connectivity index (χ1) is 9.09. The molecule has 2 N–H and O–H groups in total. The summed E-state index contributed by atoms with van der Waals surface area (Å²) in [7, 11) is 0. The third-order valence-electron chi connectivity index (χ3n) is 4.99. The fourth-order valence-corrected chi connectivity index (χ4v) is 3.88. The Balaban J connectivity index is 1.84. The Morgan fingerprint density at radius 1 is 1.21 bits per heavy atom. The third kappa shape index (κ3) is 3.71. The summed E-state index contributed by atoms with van der Waals surface area (Å²) in [6.45, 7) is 5.14. The van der Waals surface area contributed by atoms with E-state index in [4.69, 9.17) is 5.73 Å². The lowest BCUT2D eigenvalue weighted by atomic mass is 9.90. The van der Waals surface area contributed by atoms with Crippen molar-refractivity contribution in [2.24, 2.45) is 17.6 Å². The van der Waals surface area contributed by atoms with Gasteiger partial charge in [-0.1, -0.05) is 19.8 Å². The second kappa shape index (κ2) is 6.74. The van der Waals surface area contributed by atoms with Crippen LogP contribution >= 0.6 is 0 Å². The molecule has 4 atom stereocenters. The number of piperidine rings is 1. The number of nitrogens with zero attached hydrogens (tertiary/aromatic N) is 1. The highest BCUT2D eigenvalue weighted by Gasteiger charge is 2.38. The second-order valence-electron chi connectivity index (χ2n) is 6.74. The molecule has 0 aromatic rings. The van der Waals surface area contributed by atoms with Crippen molar-refractivity contribution in [3.8, 4) is 0 Å². The average molecular weight is 266 g/mol. The Morgan fingerprint density at radius 2 is 1.95 bits per heavy atom. The van der Waals surface area contributed by atoms with E-state index in [0.29, 0.717) is 11.9 Å². The highest BCUT2D eigenvalue weighted by atomic mass is 16.2. The van der Waals surface area contributed by atoms with E-state index in [2.05, 4.69) is 11.8 Å². The number of carbonyl (C=O) groups excluding carboxylic acids is 1. The van der Waals surface area contributed by atoms with E-state index in [1.54, 1.807) is 0 Å². The molecule has 3 nitrogen and oxygen atoms in total. The zero-order valence-corrected chi connectivity index (χ0v) is 12.6. The molecule has 110 valence electrons. The number of carbonyl (C=O) groups is 1. The zero-order valence-electron chi connectivity index (χ0n) is 12.6. The number of nitrogens with two attached hydrogens (primary N) is 1. The molecule has 1 aliphatic heterocycles. The highest BCUT2D eigenvalue weighted by molar-refractivity contribution is 5.79. The minimum atomic E-state index is 0.179. The van der Waals surface area contributed by atoms with Crippen LogP contribution in [-0.2, 0) is 4.79 Å². The van der Waals surface area contributed by atoms with Crippen molar-refractivity contribution >= 4 is 5.91 Å². The lowest BCUT2D eigenvalue weighted by Gasteiger charge is -2.39. The van der Waals surface area contributed by atoms with Gasteiger partial charge in [0.05, 0.1) is 0 Å². The van der Waals surface area contributed by atoms with Crippen LogP contribution in [0.1, 0.15) is 65.2 Å². The van der Waals surface area contributed by atoms with Crippen LogP contribution in [0.3, 0.4) is 0 Å². The molecule has 1 aliphatic carbocycles. The lowest BCUT2D eigenvalue weighted by Crippen LogP contribution is -2.48. The van der Waals surface area contributed by atoms with E-state index in [-0.39, 0.29) is 12.0 Å². The van der Waals surface area contributed by atoms with Gasteiger partial charge in [-0.2, -0.15) is 0 Å². The molecule has 3 heteroatoms. The van der Waals surface area contributed by atoms with Gasteiger partial charge >= 0.3 is 0 Å². The van der Waals surface area contributed by atoms with Crippen LogP contribution < -0.4 is 5.73 Å². The topological polar surface area (TPSA) is 46.3 Å². The molecule has 0 radical (unpaired) electrons. The van der Waals surface area contributed by atoms with Gasteiger partial charge in [-0.25, -0.2) is 0 Å². The molecule has 1 amide bonds. The minimum absolute atomic E-state index is 0.179. The summed E-state index contributed by atoms with van der Waals surface area (Å²) in [6.07, 6.45) is 9.55. The normalized spacial score (nSPS) is 29.9. The number of amides is 1. The summed E-state index contributed by atoms with van der Waals surface area (Å²) in [5.41, 5.74) is 5.77. The number of hydrogen-bond acceptors (Lipinski definition) is 2. The summed E-state index contributed by atoms with van der Waals surface area (Å²) in [4.78, 5) is 14.8. The standard InChI is InChI=1S/C16H30N2O/c1-12(6-3-7-13(2)17)16(19)18-11-5-9-14-8-4-10-15(14)18/h12-15H,3-11,17H2,1-2H3. The van der Waals surface area contributed by atoms with Gasteiger partial charge in [-0.05, 0) is 51.4 Å². The molecule has 0 spiro atoms. The first-order valence-corrected chi connectivity index (χ1v) is 8.15. The Labute approximate surface area is 117 Å². The maximum Gasteiger partial charge on any atom is 0.225 e. The summed E-state index contributed by atoms with van der Waals surface area (Å²) in [5, 5.41) is 0. The van der Waals surface area contributed by atoms with Crippen LogP contribution in [0, 0.1) is 11.8 Å². The van der Waals surface area contributed by atoms with Gasteiger partial charge < -0.3 is 10.6 Å². The smallest absolute Gasteiger partial charge is 0.225 e. The van der Waals surface area contributed by atoms with Gasteiger partial charge in [-0.3, -0.25) is 4.79 Å². The van der Waals surface area contributed by atoms with Gasteiger partial charge in [-0.15, -0.1) is 0 Å². The van der Waals surface area contributed by atoms with Gasteiger partial charge in [0.2, 0.25) is 5.91 Å². The monoisotopic (exact) mass is 266 g/mol. The first-order valence-electron chi connectivity index (χ1n) is 8.15. The van der Waals surface area contributed by atoms with Crippen LogP contribution in [0.25, 0.3) is 0 Å². The largest absolute Gasteiger partial charge is 0.339 e. The number of rotatable bonds is 5. The van der Waals surface area contributed by atoms with Crippen molar-refractivity contribution in [2.75, 3.05) is 6.54 Å². The van der Waals surface area contributed by atoms with Crippen LogP contribution in [0.15, 0.2) is 0 Å². The predicted molar refractivity (Wildman–Crippen MR) is 78.7 cm³/mol. The van der Waals surface area contributed by atoms with Crippen LogP contribution in [0.2, 0.25) is 0 Å². The molecule has 1 heterocycles. The quantitative estimate of drug-likeness (QED) is 0.831. The zero-order chi connectivity index (χ0) is 13.8. The van der Waals surface area contributed by atoms with E-state index in [0.717, 1.165) is 31.7 Å². The molecule has 0 aromatic heterocycles. The molecule has 2 fully saturated rings. The molecular weight excluding hydrogens is 236 g/mol. The van der Waals surface area contributed by atoms with Crippen LogP contribution in [0.4, 0.5) is 0 Å². The fourth-order valence-electron chi connectivity index (χ4n) is 3.88. The van der Waals surface area contributed by atoms with Gasteiger partial charge in [0.15, 0.2) is 0 Å². The van der Waals surface area contributed by atoms with Gasteiger partial charge in [0, 0.05) is 24.5 Å². The van der Waals surface area contributed by atoms with Crippen molar-refractivity contribution < 1.29 is 4.79 Å². The molecule has 19 heavy (non-hydrogen) atoms. The number of likely N-dealkylation sites (tertiary alicyclic amines) is 1. The van der Waals surface area contributed by atoms with Gasteiger partial charge in [0.25, 0.3) is 0 Å². The predicted octanol–water partition coefficient (Wildman–Crippen LogP) is 2.93. The van der Waals surface area contributed by atoms with Crippen molar-refractivity contribution in [1.29, 1.82) is 0 Å². The van der Waals surface area contributed by atoms with E-state index in [1.165, 1.54) is 32.1 Å². The van der Waals surface area contributed by atoms with E-state index in [9.17, 15) is 4.79 Å². The maximum atomic E-state index is 12.6. The maximum absolute atomic E-state index is 12.6. The van der Waals surface area contributed by atoms with E-state index in [1.807, 2.05) is 6.92 Å². The van der Waals surface area contributed by atoms with Crippen molar-refractivity contribution in [1.82, 2.24) is 4.90 Å². The highest BCUT2D eigenvalue weighted by Crippen LogP contribution is 2.37. The van der Waals surface area contributed by atoms with E-state index < -0.39 is 0 Å². The first kappa shape index (κ1) is 14.8. The summed E-state index contributed by atoms with van der Waals surface area (Å²) in [6, 6.07) is 0.827. The molecule has 4 unspecified atom stereocenters. The van der Waals surface area contributed by atoms with Crippen molar-refractivity contribution in [3.05, 3.63) is 0 Å². The Kier molecular flexibility index (Phi) is 5.26. The summed E-state index contributed by atoms with van der Waals surface area (Å²) >= 11 is 0. The Bertz CT molecular complexity index is 303. The minimum Gasteiger partial charge on any atom is -0.339 e. The molecule has 2 aliphatic rings. The molecular formula is C16H30N2O. The van der Waals surface area contributed by atoms with Crippen LogP contribution in [-0.4, -0.2) is 29.4 Å². The fraction of sp³-hybridized carbons (Fsp3) is 0.938. The molecule has 1 saturated carbocycles. The SMILES string of the molecule is CC(N)CCCC(C)C(=O)N1CCCC2CCCC21. The molecule has 2 rings (SSSR count). The van der Waals surface area contributed by atoms with Crippen molar-refractivity contribution in [3.63, 3.8) is 0 Å². The Morgan fingerprint density at radius 3 is 2.68 bits per heavy atom. The summed E-state index contributed by atoms with van der Waals surface area (Å²) in [5.74, 6) is 1.38. The second-order valence-corrected chi connectivity index (χ2v) is 6.74. The molecule has 1 saturated heterocycles. The Hall–Kier alpha value is -0.570. The summed E-state index contributed by atoms with van der Waals surface area (Å²) < 4.78 is 0. The van der Waals surface area contributed by atoms with Gasteiger partial charge in [0.1, 0.15) is 0 Å². The molecule has 0 bridgehead atoms.